The van der Waals surface area contributed by atoms with Crippen LogP contribution < -0.4 is 5.32 Å². The lowest BCUT2D eigenvalue weighted by molar-refractivity contribution is 0.0643. The van der Waals surface area contributed by atoms with E-state index >= 15 is 0 Å². The summed E-state index contributed by atoms with van der Waals surface area (Å²) in [5.41, 5.74) is 1.12. The number of rotatable bonds is 6. The standard InChI is InChI=1S/C18H28N4O2/c1-4-21-10-12-22(13-11-21)18(24)16-7-5-6-15(14-16)17(23)19-8-9-20(2)3/h5-7,14H,4,8-13H2,1-3H3,(H,19,23). The Morgan fingerprint density at radius 2 is 1.79 bits per heavy atom. The summed E-state index contributed by atoms with van der Waals surface area (Å²) in [5.74, 6) is -0.129. The molecule has 0 saturated carbocycles. The van der Waals surface area contributed by atoms with Gasteiger partial charge >= 0.3 is 0 Å². The molecule has 6 nitrogen and oxygen atoms in total. The molecule has 0 bridgehead atoms. The Kier molecular flexibility index (Phi) is 6.75. The molecule has 0 aromatic heterocycles. The van der Waals surface area contributed by atoms with E-state index in [2.05, 4.69) is 17.1 Å². The summed E-state index contributed by atoms with van der Waals surface area (Å²) in [6.45, 7) is 7.83. The van der Waals surface area contributed by atoms with E-state index in [1.807, 2.05) is 23.9 Å². The van der Waals surface area contributed by atoms with Crippen molar-refractivity contribution in [1.29, 1.82) is 0 Å². The second-order valence-electron chi connectivity index (χ2n) is 6.37. The highest BCUT2D eigenvalue weighted by molar-refractivity contribution is 5.99. The maximum absolute atomic E-state index is 12.6. The Balaban J connectivity index is 1.96. The maximum atomic E-state index is 12.6. The van der Waals surface area contributed by atoms with Crippen molar-refractivity contribution in [2.75, 3.05) is 59.9 Å². The first-order chi connectivity index (χ1) is 11.5. The van der Waals surface area contributed by atoms with Crippen LogP contribution in [-0.4, -0.2) is 86.4 Å². The highest BCUT2D eigenvalue weighted by Crippen LogP contribution is 2.11. The maximum Gasteiger partial charge on any atom is 0.253 e. The minimum Gasteiger partial charge on any atom is -0.351 e. The van der Waals surface area contributed by atoms with Gasteiger partial charge in [0, 0.05) is 50.4 Å². The van der Waals surface area contributed by atoms with Crippen molar-refractivity contribution in [2.45, 2.75) is 6.92 Å². The van der Waals surface area contributed by atoms with Crippen molar-refractivity contribution in [3.8, 4) is 0 Å². The van der Waals surface area contributed by atoms with Crippen LogP contribution in [0, 0.1) is 0 Å². The Morgan fingerprint density at radius 1 is 1.12 bits per heavy atom. The minimum absolute atomic E-state index is 0.00805. The number of amides is 2. The van der Waals surface area contributed by atoms with Gasteiger partial charge in [-0.1, -0.05) is 13.0 Å². The van der Waals surface area contributed by atoms with Gasteiger partial charge in [0.05, 0.1) is 0 Å². The van der Waals surface area contributed by atoms with E-state index in [-0.39, 0.29) is 11.8 Å². The summed E-state index contributed by atoms with van der Waals surface area (Å²) in [6.07, 6.45) is 0. The largest absolute Gasteiger partial charge is 0.351 e. The van der Waals surface area contributed by atoms with Gasteiger partial charge in [-0.25, -0.2) is 0 Å². The zero-order chi connectivity index (χ0) is 17.5. The van der Waals surface area contributed by atoms with Crippen LogP contribution >= 0.6 is 0 Å². The summed E-state index contributed by atoms with van der Waals surface area (Å²) in [5, 5.41) is 2.88. The van der Waals surface area contributed by atoms with E-state index in [4.69, 9.17) is 0 Å². The monoisotopic (exact) mass is 332 g/mol. The van der Waals surface area contributed by atoms with Crippen LogP contribution in [0.4, 0.5) is 0 Å². The molecule has 1 fully saturated rings. The molecule has 132 valence electrons. The Bertz CT molecular complexity index is 566. The zero-order valence-electron chi connectivity index (χ0n) is 14.9. The van der Waals surface area contributed by atoms with Crippen molar-refractivity contribution in [1.82, 2.24) is 20.0 Å². The van der Waals surface area contributed by atoms with Crippen molar-refractivity contribution in [3.05, 3.63) is 35.4 Å². The molecule has 2 rings (SSSR count). The normalized spacial score (nSPS) is 15.6. The van der Waals surface area contributed by atoms with Crippen LogP contribution in [0.3, 0.4) is 0 Å². The molecule has 1 aliphatic heterocycles. The van der Waals surface area contributed by atoms with Crippen molar-refractivity contribution < 1.29 is 9.59 Å². The van der Waals surface area contributed by atoms with E-state index in [1.165, 1.54) is 0 Å². The molecule has 0 atom stereocenters. The predicted octanol–water partition coefficient (Wildman–Crippen LogP) is 0.756. The number of nitrogens with one attached hydrogen (secondary N) is 1. The number of hydrogen-bond donors (Lipinski definition) is 1. The molecule has 0 aliphatic carbocycles. The summed E-state index contributed by atoms with van der Waals surface area (Å²) in [7, 11) is 3.92. The third-order valence-corrected chi connectivity index (χ3v) is 4.32. The number of piperazine rings is 1. The molecule has 1 N–H and O–H groups in total. The highest BCUT2D eigenvalue weighted by Gasteiger charge is 2.21. The minimum atomic E-state index is -0.137. The van der Waals surface area contributed by atoms with E-state index in [0.717, 1.165) is 39.3 Å². The quantitative estimate of drug-likeness (QED) is 0.835. The average Bonchev–Trinajstić information content (AvgIpc) is 2.61. The molecule has 0 spiro atoms. The number of carbonyl (C=O) groups is 2. The smallest absolute Gasteiger partial charge is 0.253 e. The summed E-state index contributed by atoms with van der Waals surface area (Å²) >= 11 is 0. The summed E-state index contributed by atoms with van der Waals surface area (Å²) in [6, 6.07) is 7.00. The number of hydrogen-bond acceptors (Lipinski definition) is 4. The number of carbonyl (C=O) groups excluding carboxylic acids is 2. The first kappa shape index (κ1) is 18.4. The molecule has 1 aromatic carbocycles. The second-order valence-corrected chi connectivity index (χ2v) is 6.37. The number of benzene rings is 1. The fourth-order valence-electron chi connectivity index (χ4n) is 2.74. The van der Waals surface area contributed by atoms with Gasteiger partial charge in [0.1, 0.15) is 0 Å². The molecule has 24 heavy (non-hydrogen) atoms. The van der Waals surface area contributed by atoms with Crippen molar-refractivity contribution in [3.63, 3.8) is 0 Å². The van der Waals surface area contributed by atoms with Gasteiger partial charge in [-0.05, 0) is 38.8 Å². The van der Waals surface area contributed by atoms with Crippen LogP contribution in [0.1, 0.15) is 27.6 Å². The van der Waals surface area contributed by atoms with Crippen LogP contribution in [-0.2, 0) is 0 Å². The first-order valence-electron chi connectivity index (χ1n) is 8.56. The second kappa shape index (κ2) is 8.80. The molecule has 0 radical (unpaired) electrons. The fraction of sp³-hybridized carbons (Fsp3) is 0.556. The Hall–Kier alpha value is -1.92. The molecule has 6 heteroatoms. The van der Waals surface area contributed by atoms with Crippen molar-refractivity contribution in [2.24, 2.45) is 0 Å². The van der Waals surface area contributed by atoms with E-state index in [0.29, 0.717) is 17.7 Å². The lowest BCUT2D eigenvalue weighted by atomic mass is 10.1. The highest BCUT2D eigenvalue weighted by atomic mass is 16.2. The van der Waals surface area contributed by atoms with Crippen LogP contribution in [0.15, 0.2) is 24.3 Å². The summed E-state index contributed by atoms with van der Waals surface area (Å²) < 4.78 is 0. The van der Waals surface area contributed by atoms with Crippen LogP contribution in [0.25, 0.3) is 0 Å². The molecule has 1 aromatic rings. The van der Waals surface area contributed by atoms with Crippen LogP contribution in [0.2, 0.25) is 0 Å². The molecule has 1 aliphatic rings. The van der Waals surface area contributed by atoms with Gasteiger partial charge in [-0.15, -0.1) is 0 Å². The van der Waals surface area contributed by atoms with Gasteiger partial charge in [-0.2, -0.15) is 0 Å². The predicted molar refractivity (Wildman–Crippen MR) is 95.3 cm³/mol. The van der Waals surface area contributed by atoms with E-state index in [9.17, 15) is 9.59 Å². The zero-order valence-corrected chi connectivity index (χ0v) is 14.9. The molecule has 2 amide bonds. The van der Waals surface area contributed by atoms with Crippen LogP contribution in [0.5, 0.6) is 0 Å². The average molecular weight is 332 g/mol. The molecule has 1 heterocycles. The van der Waals surface area contributed by atoms with Gasteiger partial charge in [0.15, 0.2) is 0 Å². The van der Waals surface area contributed by atoms with Gasteiger partial charge in [0.25, 0.3) is 11.8 Å². The van der Waals surface area contributed by atoms with Crippen molar-refractivity contribution >= 4 is 11.8 Å². The van der Waals surface area contributed by atoms with Gasteiger partial charge in [-0.3, -0.25) is 9.59 Å². The third kappa shape index (κ3) is 5.04. The fourth-order valence-corrected chi connectivity index (χ4v) is 2.74. The molecule has 1 saturated heterocycles. The number of nitrogens with zero attached hydrogens (tertiary/aromatic N) is 3. The number of likely N-dealkylation sites (N-methyl/N-ethyl adjacent to an activating group) is 2. The Morgan fingerprint density at radius 3 is 2.42 bits per heavy atom. The lowest BCUT2D eigenvalue weighted by Gasteiger charge is -2.34. The van der Waals surface area contributed by atoms with Gasteiger partial charge < -0.3 is 20.0 Å². The molecular formula is C18H28N4O2. The molecular weight excluding hydrogens is 304 g/mol. The Labute approximate surface area is 144 Å². The topological polar surface area (TPSA) is 55.9 Å². The lowest BCUT2D eigenvalue weighted by Crippen LogP contribution is -2.48. The van der Waals surface area contributed by atoms with Gasteiger partial charge in [0.2, 0.25) is 0 Å². The SMILES string of the molecule is CCN1CCN(C(=O)c2cccc(C(=O)NCCN(C)C)c2)CC1. The summed E-state index contributed by atoms with van der Waals surface area (Å²) in [4.78, 5) is 31.1. The first-order valence-corrected chi connectivity index (χ1v) is 8.56. The van der Waals surface area contributed by atoms with E-state index < -0.39 is 0 Å². The third-order valence-electron chi connectivity index (χ3n) is 4.32. The molecule has 0 unspecified atom stereocenters. The van der Waals surface area contributed by atoms with E-state index in [1.54, 1.807) is 24.3 Å².